The van der Waals surface area contributed by atoms with Gasteiger partial charge in [0.2, 0.25) is 5.78 Å². The number of amides is 1. The zero-order valence-corrected chi connectivity index (χ0v) is 18.4. The van der Waals surface area contributed by atoms with Gasteiger partial charge in [0.05, 0.1) is 23.9 Å². The number of aliphatic hydroxyl groups is 1. The zero-order chi connectivity index (χ0) is 23.1. The maximum atomic E-state index is 13.6. The van der Waals surface area contributed by atoms with Gasteiger partial charge >= 0.3 is 0 Å². The Labute approximate surface area is 194 Å². The van der Waals surface area contributed by atoms with E-state index in [0.29, 0.717) is 27.2 Å². The largest absolute Gasteiger partial charge is 0.503 e. The van der Waals surface area contributed by atoms with Crippen LogP contribution in [0.1, 0.15) is 33.4 Å². The van der Waals surface area contributed by atoms with Crippen LogP contribution in [-0.4, -0.2) is 26.7 Å². The normalized spacial score (nSPS) is 16.1. The van der Waals surface area contributed by atoms with Gasteiger partial charge in [-0.2, -0.15) is 0 Å². The van der Waals surface area contributed by atoms with E-state index in [1.807, 2.05) is 37.3 Å². The fourth-order valence-electron chi connectivity index (χ4n) is 4.16. The monoisotopic (exact) mass is 458 g/mol. The third kappa shape index (κ3) is 3.79. The second-order valence-electron chi connectivity index (χ2n) is 7.96. The molecule has 3 heterocycles. The lowest BCUT2D eigenvalue weighted by atomic mass is 9.94. The zero-order valence-electron chi connectivity index (χ0n) is 17.7. The molecule has 1 atom stereocenters. The number of halogens is 1. The van der Waals surface area contributed by atoms with Gasteiger partial charge in [-0.3, -0.25) is 14.6 Å². The molecule has 0 bridgehead atoms. The molecule has 7 heteroatoms. The molecule has 6 nitrogen and oxygen atoms in total. The first-order chi connectivity index (χ1) is 15.9. The molecule has 4 aromatic rings. The fraction of sp³-hybridized carbons (Fsp3) is 0.115. The van der Waals surface area contributed by atoms with Crippen molar-refractivity contribution in [3.63, 3.8) is 0 Å². The van der Waals surface area contributed by atoms with Gasteiger partial charge in [0, 0.05) is 16.6 Å². The molecule has 33 heavy (non-hydrogen) atoms. The maximum Gasteiger partial charge on any atom is 0.290 e. The van der Waals surface area contributed by atoms with E-state index in [4.69, 9.17) is 16.0 Å². The van der Waals surface area contributed by atoms with E-state index in [1.165, 1.54) is 4.90 Å². The average Bonchev–Trinajstić information content (AvgIpc) is 3.33. The summed E-state index contributed by atoms with van der Waals surface area (Å²) in [6, 6.07) is 18.7. The molecule has 0 radical (unpaired) electrons. The third-order valence-corrected chi connectivity index (χ3v) is 5.90. The number of fused-ring (bicyclic) bond motifs is 1. The maximum absolute atomic E-state index is 13.6. The van der Waals surface area contributed by atoms with Crippen molar-refractivity contribution in [3.05, 3.63) is 112 Å². The molecule has 164 valence electrons. The van der Waals surface area contributed by atoms with Crippen LogP contribution in [-0.2, 0) is 11.3 Å². The average molecular weight is 459 g/mol. The molecular weight excluding hydrogens is 440 g/mol. The van der Waals surface area contributed by atoms with Crippen molar-refractivity contribution in [2.45, 2.75) is 19.5 Å². The van der Waals surface area contributed by atoms with E-state index < -0.39 is 23.5 Å². The number of rotatable bonds is 5. The molecule has 2 aromatic carbocycles. The van der Waals surface area contributed by atoms with Crippen molar-refractivity contribution in [1.29, 1.82) is 0 Å². The number of hydrogen-bond acceptors (Lipinski definition) is 5. The summed E-state index contributed by atoms with van der Waals surface area (Å²) < 4.78 is 5.75. The van der Waals surface area contributed by atoms with E-state index >= 15 is 0 Å². The summed E-state index contributed by atoms with van der Waals surface area (Å²) in [5.41, 5.74) is 2.79. The van der Waals surface area contributed by atoms with Crippen LogP contribution in [0.25, 0.3) is 11.0 Å². The first-order valence-electron chi connectivity index (χ1n) is 10.4. The summed E-state index contributed by atoms with van der Waals surface area (Å²) in [6.45, 7) is 2.06. The van der Waals surface area contributed by atoms with E-state index in [-0.39, 0.29) is 17.9 Å². The molecule has 0 saturated heterocycles. The highest BCUT2D eigenvalue weighted by molar-refractivity contribution is 6.31. The fourth-order valence-corrected chi connectivity index (χ4v) is 4.34. The Morgan fingerprint density at radius 3 is 2.73 bits per heavy atom. The number of benzene rings is 2. The van der Waals surface area contributed by atoms with Gasteiger partial charge in [0.1, 0.15) is 5.58 Å². The van der Waals surface area contributed by atoms with Gasteiger partial charge < -0.3 is 14.4 Å². The Morgan fingerprint density at radius 1 is 1.12 bits per heavy atom. The van der Waals surface area contributed by atoms with Crippen LogP contribution < -0.4 is 0 Å². The van der Waals surface area contributed by atoms with E-state index in [0.717, 1.165) is 5.56 Å². The second-order valence-corrected chi connectivity index (χ2v) is 8.39. The summed E-state index contributed by atoms with van der Waals surface area (Å²) in [6.07, 6.45) is 1.64. The van der Waals surface area contributed by atoms with E-state index in [1.54, 1.807) is 42.6 Å². The van der Waals surface area contributed by atoms with Crippen LogP contribution in [0.5, 0.6) is 0 Å². The van der Waals surface area contributed by atoms with Crippen molar-refractivity contribution in [1.82, 2.24) is 9.88 Å². The number of aryl methyl sites for hydroxylation is 1. The molecule has 0 fully saturated rings. The highest BCUT2D eigenvalue weighted by atomic mass is 35.5. The summed E-state index contributed by atoms with van der Waals surface area (Å²) in [4.78, 5) is 32.5. The van der Waals surface area contributed by atoms with Gasteiger partial charge in [0.15, 0.2) is 11.5 Å². The Morgan fingerprint density at radius 2 is 1.97 bits per heavy atom. The first-order valence-corrected chi connectivity index (χ1v) is 10.7. The molecule has 1 aliphatic heterocycles. The Balaban J connectivity index is 1.61. The number of nitrogens with zero attached hydrogens (tertiary/aromatic N) is 2. The van der Waals surface area contributed by atoms with Crippen molar-refractivity contribution < 1.29 is 19.1 Å². The number of aliphatic hydroxyl groups excluding tert-OH is 1. The minimum Gasteiger partial charge on any atom is -0.503 e. The number of pyridine rings is 1. The molecule has 0 spiro atoms. The predicted molar refractivity (Wildman–Crippen MR) is 124 cm³/mol. The van der Waals surface area contributed by atoms with Gasteiger partial charge in [-0.15, -0.1) is 0 Å². The van der Waals surface area contributed by atoms with Crippen LogP contribution in [0.3, 0.4) is 0 Å². The smallest absolute Gasteiger partial charge is 0.290 e. The highest BCUT2D eigenvalue weighted by Crippen LogP contribution is 2.40. The van der Waals surface area contributed by atoms with Crippen LogP contribution in [0.2, 0.25) is 5.02 Å². The topological polar surface area (TPSA) is 83.6 Å². The number of carbonyl (C=O) groups excluding carboxylic acids is 2. The molecular formula is C26H19ClN2O4. The Bertz CT molecular complexity index is 1420. The summed E-state index contributed by atoms with van der Waals surface area (Å²) in [5.74, 6) is -1.74. The number of furan rings is 1. The SMILES string of the molecule is Cc1cccc(C2C(C(=O)c3cc4cc(Cl)ccc4o3)=C(O)C(=O)N2Cc2ccccn2)c1. The molecule has 0 saturated carbocycles. The van der Waals surface area contributed by atoms with Gasteiger partial charge in [-0.05, 0) is 48.9 Å². The molecule has 1 N–H and O–H groups in total. The minimum absolute atomic E-state index is 0.0216. The Hall–Kier alpha value is -3.90. The lowest BCUT2D eigenvalue weighted by Crippen LogP contribution is -2.31. The molecule has 2 aromatic heterocycles. The number of Topliss-reactive ketones (excluding diaryl/α,β-unsaturated/α-hetero) is 1. The standard InChI is InChI=1S/C26H19ClN2O4/c1-15-5-4-6-16(11-15)23-22(24(30)21-13-17-12-18(27)8-9-20(17)33-21)25(31)26(32)29(23)14-19-7-2-3-10-28-19/h2-13,23,31H,14H2,1H3. The molecule has 0 aliphatic carbocycles. The van der Waals surface area contributed by atoms with Crippen LogP contribution in [0.4, 0.5) is 0 Å². The van der Waals surface area contributed by atoms with Crippen LogP contribution in [0, 0.1) is 6.92 Å². The quantitative estimate of drug-likeness (QED) is 0.395. The van der Waals surface area contributed by atoms with Gasteiger partial charge in [-0.25, -0.2) is 0 Å². The lowest BCUT2D eigenvalue weighted by Gasteiger charge is -2.26. The minimum atomic E-state index is -0.788. The van der Waals surface area contributed by atoms with Crippen LogP contribution >= 0.6 is 11.6 Å². The van der Waals surface area contributed by atoms with E-state index in [9.17, 15) is 14.7 Å². The summed E-state index contributed by atoms with van der Waals surface area (Å²) in [5, 5.41) is 12.0. The lowest BCUT2D eigenvalue weighted by molar-refractivity contribution is -0.130. The number of hydrogen-bond donors (Lipinski definition) is 1. The van der Waals surface area contributed by atoms with Crippen LogP contribution in [0.15, 0.2) is 88.7 Å². The number of carbonyl (C=O) groups is 2. The van der Waals surface area contributed by atoms with Gasteiger partial charge in [-0.1, -0.05) is 47.5 Å². The predicted octanol–water partition coefficient (Wildman–Crippen LogP) is 5.57. The first kappa shape index (κ1) is 21.0. The van der Waals surface area contributed by atoms with E-state index in [2.05, 4.69) is 4.98 Å². The third-order valence-electron chi connectivity index (χ3n) is 5.67. The molecule has 1 aliphatic rings. The van der Waals surface area contributed by atoms with Crippen molar-refractivity contribution in [3.8, 4) is 0 Å². The van der Waals surface area contributed by atoms with Gasteiger partial charge in [0.25, 0.3) is 5.91 Å². The molecule has 5 rings (SSSR count). The highest BCUT2D eigenvalue weighted by Gasteiger charge is 2.44. The number of ketones is 1. The summed E-state index contributed by atoms with van der Waals surface area (Å²) >= 11 is 6.06. The Kier molecular flexibility index (Phi) is 5.23. The molecule has 1 amide bonds. The molecule has 1 unspecified atom stereocenters. The summed E-state index contributed by atoms with van der Waals surface area (Å²) in [7, 11) is 0. The second kappa shape index (κ2) is 8.22. The van der Waals surface area contributed by atoms with Crippen molar-refractivity contribution in [2.24, 2.45) is 0 Å². The van der Waals surface area contributed by atoms with Crippen molar-refractivity contribution in [2.75, 3.05) is 0 Å². The van der Waals surface area contributed by atoms with Crippen molar-refractivity contribution >= 4 is 34.3 Å². The number of aromatic nitrogens is 1.